The molecule has 7 nitrogen and oxygen atoms in total. The molecular formula is C11H13N3O4S. The van der Waals surface area contributed by atoms with Gasteiger partial charge in [-0.2, -0.15) is 0 Å². The Labute approximate surface area is 112 Å². The van der Waals surface area contributed by atoms with Crippen LogP contribution in [0.4, 0.5) is 16.2 Å². The van der Waals surface area contributed by atoms with Gasteiger partial charge in [0.25, 0.3) is 5.69 Å². The van der Waals surface area contributed by atoms with Crippen molar-refractivity contribution in [1.29, 1.82) is 0 Å². The minimum absolute atomic E-state index is 0.0717. The Morgan fingerprint density at radius 2 is 2.05 bits per heavy atom. The molecule has 1 aliphatic rings. The molecule has 1 fully saturated rings. The number of rotatable bonds is 2. The lowest BCUT2D eigenvalue weighted by Gasteiger charge is -2.26. The van der Waals surface area contributed by atoms with E-state index in [9.17, 15) is 19.1 Å². The van der Waals surface area contributed by atoms with Gasteiger partial charge in [0.1, 0.15) is 0 Å². The molecule has 1 aromatic carbocycles. The molecule has 2 rings (SSSR count). The molecule has 102 valence electrons. The Morgan fingerprint density at radius 3 is 2.68 bits per heavy atom. The van der Waals surface area contributed by atoms with Crippen molar-refractivity contribution in [3.8, 4) is 0 Å². The van der Waals surface area contributed by atoms with Crippen molar-refractivity contribution in [3.05, 3.63) is 34.4 Å². The molecule has 0 bridgehead atoms. The van der Waals surface area contributed by atoms with E-state index in [1.165, 1.54) is 18.2 Å². The highest BCUT2D eigenvalue weighted by Crippen LogP contribution is 2.17. The number of benzene rings is 1. The Balaban J connectivity index is 2.00. The first-order valence-electron chi connectivity index (χ1n) is 5.71. The Kier molecular flexibility index (Phi) is 4.10. The fourth-order valence-corrected chi connectivity index (χ4v) is 2.79. The predicted molar refractivity (Wildman–Crippen MR) is 71.6 cm³/mol. The molecule has 1 N–H and O–H groups in total. The Bertz CT molecular complexity index is 524. The highest BCUT2D eigenvalue weighted by atomic mass is 32.2. The van der Waals surface area contributed by atoms with Crippen molar-refractivity contribution < 1.29 is 13.9 Å². The van der Waals surface area contributed by atoms with Crippen LogP contribution in [-0.2, 0) is 10.8 Å². The summed E-state index contributed by atoms with van der Waals surface area (Å²) in [6.45, 7) is 0.876. The average molecular weight is 283 g/mol. The van der Waals surface area contributed by atoms with Crippen LogP contribution in [-0.4, -0.2) is 44.7 Å². The third-order valence-corrected chi connectivity index (χ3v) is 4.05. The van der Waals surface area contributed by atoms with Gasteiger partial charge in [0.15, 0.2) is 0 Å². The maximum absolute atomic E-state index is 11.9. The quantitative estimate of drug-likeness (QED) is 0.651. The number of urea groups is 1. The summed E-state index contributed by atoms with van der Waals surface area (Å²) < 4.78 is 11.2. The number of carbonyl (C=O) groups is 1. The standard InChI is InChI=1S/C11H13N3O4S/c15-11(13-4-6-19(18)7-5-13)12-9-2-1-3-10(8-9)14(16)17/h1-3,8H,4-7H2,(H,12,15). The fraction of sp³-hybridized carbons (Fsp3) is 0.364. The first-order valence-corrected chi connectivity index (χ1v) is 7.20. The van der Waals surface area contributed by atoms with E-state index in [-0.39, 0.29) is 11.7 Å². The van der Waals surface area contributed by atoms with Gasteiger partial charge in [-0.1, -0.05) is 6.07 Å². The van der Waals surface area contributed by atoms with Gasteiger partial charge in [-0.05, 0) is 6.07 Å². The number of nitrogens with zero attached hydrogens (tertiary/aromatic N) is 2. The maximum Gasteiger partial charge on any atom is 0.321 e. The predicted octanol–water partition coefficient (Wildman–Crippen LogP) is 1.19. The van der Waals surface area contributed by atoms with E-state index < -0.39 is 15.7 Å². The number of anilines is 1. The summed E-state index contributed by atoms with van der Waals surface area (Å²) in [6, 6.07) is 5.45. The lowest BCUT2D eigenvalue weighted by molar-refractivity contribution is -0.384. The van der Waals surface area contributed by atoms with Crippen LogP contribution in [0.2, 0.25) is 0 Å². The van der Waals surface area contributed by atoms with Gasteiger partial charge in [-0.15, -0.1) is 0 Å². The third-order valence-electron chi connectivity index (χ3n) is 2.77. The Morgan fingerprint density at radius 1 is 1.37 bits per heavy atom. The molecule has 0 radical (unpaired) electrons. The van der Waals surface area contributed by atoms with E-state index in [0.717, 1.165) is 0 Å². The molecule has 1 aromatic rings. The number of nitro groups is 1. The highest BCUT2D eigenvalue weighted by Gasteiger charge is 2.20. The van der Waals surface area contributed by atoms with Crippen molar-refractivity contribution >= 4 is 28.2 Å². The van der Waals surface area contributed by atoms with Gasteiger partial charge in [-0.25, -0.2) is 4.79 Å². The minimum Gasteiger partial charge on any atom is -0.323 e. The van der Waals surface area contributed by atoms with Crippen LogP contribution in [0.25, 0.3) is 0 Å². The number of nitrogens with one attached hydrogen (secondary N) is 1. The third kappa shape index (κ3) is 3.50. The Hall–Kier alpha value is -1.96. The fourth-order valence-electron chi connectivity index (χ4n) is 1.74. The largest absolute Gasteiger partial charge is 0.323 e. The molecule has 0 saturated carbocycles. The van der Waals surface area contributed by atoms with E-state index in [4.69, 9.17) is 0 Å². The van der Waals surface area contributed by atoms with Crippen molar-refractivity contribution in [2.24, 2.45) is 0 Å². The summed E-state index contributed by atoms with van der Waals surface area (Å²) >= 11 is 0. The maximum atomic E-state index is 11.9. The SMILES string of the molecule is O=C(Nc1cccc([N+](=O)[O-])c1)N1CCS(=O)CC1. The molecule has 0 atom stereocenters. The van der Waals surface area contributed by atoms with Gasteiger partial charge in [0.05, 0.1) is 4.92 Å². The molecule has 0 unspecified atom stereocenters. The summed E-state index contributed by atoms with van der Waals surface area (Å²) in [4.78, 5) is 23.6. The molecule has 1 heterocycles. The van der Waals surface area contributed by atoms with E-state index in [1.54, 1.807) is 11.0 Å². The summed E-state index contributed by atoms with van der Waals surface area (Å²) in [5.41, 5.74) is 0.309. The normalized spacial score (nSPS) is 16.1. The average Bonchev–Trinajstić information content (AvgIpc) is 2.39. The second-order valence-corrected chi connectivity index (χ2v) is 5.77. The number of non-ortho nitro benzene ring substituents is 1. The number of nitro benzene ring substituents is 1. The zero-order valence-corrected chi connectivity index (χ0v) is 10.9. The molecule has 1 saturated heterocycles. The lowest BCUT2D eigenvalue weighted by Crippen LogP contribution is -2.43. The van der Waals surface area contributed by atoms with Crippen LogP contribution in [0.15, 0.2) is 24.3 Å². The molecule has 8 heteroatoms. The molecule has 0 aliphatic carbocycles. The number of carbonyl (C=O) groups excluding carboxylic acids is 1. The molecule has 1 aliphatic heterocycles. The van der Waals surface area contributed by atoms with Crippen LogP contribution in [0, 0.1) is 10.1 Å². The van der Waals surface area contributed by atoms with Gasteiger partial charge >= 0.3 is 6.03 Å². The summed E-state index contributed by atoms with van der Waals surface area (Å²) in [5, 5.41) is 13.2. The van der Waals surface area contributed by atoms with E-state index >= 15 is 0 Å². The highest BCUT2D eigenvalue weighted by molar-refractivity contribution is 7.85. The van der Waals surface area contributed by atoms with E-state index in [0.29, 0.717) is 30.3 Å². The monoisotopic (exact) mass is 283 g/mol. The molecule has 0 spiro atoms. The van der Waals surface area contributed by atoms with Crippen LogP contribution < -0.4 is 5.32 Å². The van der Waals surface area contributed by atoms with Gasteiger partial charge in [0.2, 0.25) is 0 Å². The molecule has 2 amide bonds. The first-order chi connectivity index (χ1) is 9.06. The number of hydrogen-bond acceptors (Lipinski definition) is 4. The van der Waals surface area contributed by atoms with Crippen molar-refractivity contribution in [2.75, 3.05) is 29.9 Å². The zero-order chi connectivity index (χ0) is 13.8. The second-order valence-electron chi connectivity index (χ2n) is 4.07. The molecule has 19 heavy (non-hydrogen) atoms. The minimum atomic E-state index is -0.845. The number of hydrogen-bond donors (Lipinski definition) is 1. The van der Waals surface area contributed by atoms with E-state index in [2.05, 4.69) is 5.32 Å². The summed E-state index contributed by atoms with van der Waals surface area (Å²) in [5.74, 6) is 0.949. The van der Waals surface area contributed by atoms with Crippen LogP contribution in [0.3, 0.4) is 0 Å². The first kappa shape index (κ1) is 13.5. The van der Waals surface area contributed by atoms with Gasteiger partial charge in [-0.3, -0.25) is 14.3 Å². The summed E-state index contributed by atoms with van der Waals surface area (Å²) in [7, 11) is -0.845. The van der Waals surface area contributed by atoms with Gasteiger partial charge in [0, 0.05) is 53.2 Å². The van der Waals surface area contributed by atoms with Crippen LogP contribution in [0.5, 0.6) is 0 Å². The zero-order valence-electron chi connectivity index (χ0n) is 10.1. The van der Waals surface area contributed by atoms with Crippen molar-refractivity contribution in [1.82, 2.24) is 4.90 Å². The number of amides is 2. The molecular weight excluding hydrogens is 270 g/mol. The molecule has 0 aromatic heterocycles. The summed E-state index contributed by atoms with van der Waals surface area (Å²) in [6.07, 6.45) is 0. The van der Waals surface area contributed by atoms with Crippen molar-refractivity contribution in [3.63, 3.8) is 0 Å². The second kappa shape index (κ2) is 5.79. The van der Waals surface area contributed by atoms with E-state index in [1.807, 2.05) is 0 Å². The topological polar surface area (TPSA) is 92.5 Å². The van der Waals surface area contributed by atoms with Crippen LogP contribution >= 0.6 is 0 Å². The smallest absolute Gasteiger partial charge is 0.321 e. The lowest BCUT2D eigenvalue weighted by atomic mass is 10.3. The van der Waals surface area contributed by atoms with Crippen LogP contribution in [0.1, 0.15) is 0 Å². The van der Waals surface area contributed by atoms with Gasteiger partial charge < -0.3 is 10.2 Å². The van der Waals surface area contributed by atoms with Crippen molar-refractivity contribution in [2.45, 2.75) is 0 Å².